The Morgan fingerprint density at radius 1 is 1.13 bits per heavy atom. The molecule has 5 heteroatoms. The molecule has 5 nitrogen and oxygen atoms in total. The standard InChI is InChI=1S/C18H30N4O/c1-6-8-16(23)21-9-7-10-22(12-11-21)18-17(13(2)3)14(4)19-15(5)20-18/h13H,6-12H2,1-5H3. The molecule has 23 heavy (non-hydrogen) atoms. The summed E-state index contributed by atoms with van der Waals surface area (Å²) in [5, 5.41) is 0. The number of anilines is 1. The van der Waals surface area contributed by atoms with Crippen LogP contribution in [0, 0.1) is 13.8 Å². The van der Waals surface area contributed by atoms with E-state index < -0.39 is 0 Å². The number of aryl methyl sites for hydroxylation is 2. The Balaban J connectivity index is 2.21. The van der Waals surface area contributed by atoms with Gasteiger partial charge in [-0.3, -0.25) is 4.79 Å². The van der Waals surface area contributed by atoms with Crippen molar-refractivity contribution in [1.82, 2.24) is 14.9 Å². The van der Waals surface area contributed by atoms with Crippen LogP contribution in [0.1, 0.15) is 63.0 Å². The molecule has 1 aliphatic rings. The molecular formula is C18H30N4O. The predicted octanol–water partition coefficient (Wildman–Crippen LogP) is 3.06. The molecule has 1 aromatic rings. The lowest BCUT2D eigenvalue weighted by atomic mass is 10.0. The minimum Gasteiger partial charge on any atom is -0.354 e. The van der Waals surface area contributed by atoms with E-state index in [-0.39, 0.29) is 5.91 Å². The van der Waals surface area contributed by atoms with Crippen LogP contribution < -0.4 is 4.90 Å². The van der Waals surface area contributed by atoms with E-state index in [0.717, 1.165) is 56.4 Å². The Morgan fingerprint density at radius 2 is 1.87 bits per heavy atom. The van der Waals surface area contributed by atoms with Crippen LogP contribution in [-0.4, -0.2) is 47.0 Å². The topological polar surface area (TPSA) is 49.3 Å². The summed E-state index contributed by atoms with van der Waals surface area (Å²) in [6.07, 6.45) is 2.57. The molecule has 1 aromatic heterocycles. The fourth-order valence-corrected chi connectivity index (χ4v) is 3.37. The van der Waals surface area contributed by atoms with Crippen LogP contribution in [0.5, 0.6) is 0 Å². The third kappa shape index (κ3) is 4.21. The number of amides is 1. The van der Waals surface area contributed by atoms with Crippen LogP contribution in [-0.2, 0) is 4.79 Å². The van der Waals surface area contributed by atoms with E-state index in [1.807, 2.05) is 11.8 Å². The monoisotopic (exact) mass is 318 g/mol. The minimum absolute atomic E-state index is 0.286. The second kappa shape index (κ2) is 7.75. The smallest absolute Gasteiger partial charge is 0.222 e. The lowest BCUT2D eigenvalue weighted by Gasteiger charge is -2.27. The summed E-state index contributed by atoms with van der Waals surface area (Å²) in [5.41, 5.74) is 2.31. The van der Waals surface area contributed by atoms with Gasteiger partial charge in [0.15, 0.2) is 0 Å². The van der Waals surface area contributed by atoms with Crippen LogP contribution in [0.15, 0.2) is 0 Å². The summed E-state index contributed by atoms with van der Waals surface area (Å²) < 4.78 is 0. The van der Waals surface area contributed by atoms with Crippen molar-refractivity contribution >= 4 is 11.7 Å². The Bertz CT molecular complexity index is 556. The van der Waals surface area contributed by atoms with Gasteiger partial charge in [-0.1, -0.05) is 20.8 Å². The summed E-state index contributed by atoms with van der Waals surface area (Å²) in [6, 6.07) is 0. The number of aromatic nitrogens is 2. The fourth-order valence-electron chi connectivity index (χ4n) is 3.37. The first-order chi connectivity index (χ1) is 10.9. The molecule has 0 bridgehead atoms. The molecule has 2 heterocycles. The lowest BCUT2D eigenvalue weighted by molar-refractivity contribution is -0.131. The van der Waals surface area contributed by atoms with Gasteiger partial charge in [0.05, 0.1) is 0 Å². The number of hydrogen-bond donors (Lipinski definition) is 0. The van der Waals surface area contributed by atoms with Gasteiger partial charge in [0.2, 0.25) is 5.91 Å². The van der Waals surface area contributed by atoms with Crippen molar-refractivity contribution in [2.75, 3.05) is 31.1 Å². The highest BCUT2D eigenvalue weighted by molar-refractivity contribution is 5.76. The number of carbonyl (C=O) groups excluding carboxylic acids is 1. The number of nitrogens with zero attached hydrogens (tertiary/aromatic N) is 4. The van der Waals surface area contributed by atoms with E-state index in [2.05, 4.69) is 37.6 Å². The Hall–Kier alpha value is -1.65. The average Bonchev–Trinajstić information content (AvgIpc) is 2.72. The molecule has 0 aromatic carbocycles. The van der Waals surface area contributed by atoms with Crippen LogP contribution in [0.2, 0.25) is 0 Å². The molecule has 1 amide bonds. The van der Waals surface area contributed by atoms with E-state index in [9.17, 15) is 4.79 Å². The van der Waals surface area contributed by atoms with Crippen LogP contribution in [0.3, 0.4) is 0 Å². The maximum absolute atomic E-state index is 12.2. The van der Waals surface area contributed by atoms with Crippen molar-refractivity contribution in [2.45, 2.75) is 59.8 Å². The number of carbonyl (C=O) groups is 1. The maximum atomic E-state index is 12.2. The zero-order valence-electron chi connectivity index (χ0n) is 15.2. The first kappa shape index (κ1) is 17.7. The van der Waals surface area contributed by atoms with Crippen molar-refractivity contribution < 1.29 is 4.79 Å². The highest BCUT2D eigenvalue weighted by Gasteiger charge is 2.23. The molecule has 1 saturated heterocycles. The van der Waals surface area contributed by atoms with Crippen molar-refractivity contribution in [1.29, 1.82) is 0 Å². The van der Waals surface area contributed by atoms with E-state index in [1.165, 1.54) is 5.56 Å². The fraction of sp³-hybridized carbons (Fsp3) is 0.722. The largest absolute Gasteiger partial charge is 0.354 e. The van der Waals surface area contributed by atoms with Gasteiger partial charge in [-0.15, -0.1) is 0 Å². The van der Waals surface area contributed by atoms with Gasteiger partial charge < -0.3 is 9.80 Å². The van der Waals surface area contributed by atoms with Gasteiger partial charge in [-0.25, -0.2) is 9.97 Å². The first-order valence-electron chi connectivity index (χ1n) is 8.81. The molecule has 0 saturated carbocycles. The second-order valence-corrected chi connectivity index (χ2v) is 6.72. The highest BCUT2D eigenvalue weighted by atomic mass is 16.2. The molecule has 2 rings (SSSR count). The highest BCUT2D eigenvalue weighted by Crippen LogP contribution is 2.28. The van der Waals surface area contributed by atoms with Gasteiger partial charge in [-0.2, -0.15) is 0 Å². The summed E-state index contributed by atoms with van der Waals surface area (Å²) >= 11 is 0. The van der Waals surface area contributed by atoms with Gasteiger partial charge in [-0.05, 0) is 32.6 Å². The molecular weight excluding hydrogens is 288 g/mol. The summed E-state index contributed by atoms with van der Waals surface area (Å²) in [5.74, 6) is 2.57. The Labute approximate surface area is 140 Å². The third-order valence-electron chi connectivity index (χ3n) is 4.42. The van der Waals surface area contributed by atoms with Gasteiger partial charge in [0.25, 0.3) is 0 Å². The van der Waals surface area contributed by atoms with Crippen molar-refractivity contribution in [2.24, 2.45) is 0 Å². The molecule has 0 spiro atoms. The van der Waals surface area contributed by atoms with E-state index >= 15 is 0 Å². The van der Waals surface area contributed by atoms with Gasteiger partial charge >= 0.3 is 0 Å². The Kier molecular flexibility index (Phi) is 5.97. The molecule has 0 radical (unpaired) electrons. The quantitative estimate of drug-likeness (QED) is 0.856. The number of rotatable bonds is 4. The molecule has 1 aliphatic heterocycles. The summed E-state index contributed by atoms with van der Waals surface area (Å²) in [7, 11) is 0. The third-order valence-corrected chi connectivity index (χ3v) is 4.42. The summed E-state index contributed by atoms with van der Waals surface area (Å²) in [6.45, 7) is 13.9. The molecule has 0 unspecified atom stereocenters. The van der Waals surface area contributed by atoms with Crippen molar-refractivity contribution in [3.8, 4) is 0 Å². The lowest BCUT2D eigenvalue weighted by Crippen LogP contribution is -2.35. The predicted molar refractivity (Wildman–Crippen MR) is 93.9 cm³/mol. The normalized spacial score (nSPS) is 15.9. The van der Waals surface area contributed by atoms with Crippen LogP contribution >= 0.6 is 0 Å². The van der Waals surface area contributed by atoms with E-state index in [4.69, 9.17) is 4.98 Å². The molecule has 0 aliphatic carbocycles. The van der Waals surface area contributed by atoms with Crippen LogP contribution in [0.25, 0.3) is 0 Å². The second-order valence-electron chi connectivity index (χ2n) is 6.72. The van der Waals surface area contributed by atoms with Crippen molar-refractivity contribution in [3.63, 3.8) is 0 Å². The van der Waals surface area contributed by atoms with Gasteiger partial charge in [0.1, 0.15) is 11.6 Å². The zero-order chi connectivity index (χ0) is 17.0. The number of hydrogen-bond acceptors (Lipinski definition) is 4. The van der Waals surface area contributed by atoms with E-state index in [1.54, 1.807) is 0 Å². The van der Waals surface area contributed by atoms with Gasteiger partial charge in [0, 0.05) is 43.9 Å². The SMILES string of the molecule is CCCC(=O)N1CCCN(c2nc(C)nc(C)c2C(C)C)CC1. The molecule has 0 atom stereocenters. The first-order valence-corrected chi connectivity index (χ1v) is 8.81. The van der Waals surface area contributed by atoms with Crippen LogP contribution in [0.4, 0.5) is 5.82 Å². The molecule has 1 fully saturated rings. The maximum Gasteiger partial charge on any atom is 0.222 e. The minimum atomic E-state index is 0.286. The van der Waals surface area contributed by atoms with Crippen molar-refractivity contribution in [3.05, 3.63) is 17.1 Å². The average molecular weight is 318 g/mol. The molecule has 128 valence electrons. The zero-order valence-corrected chi connectivity index (χ0v) is 15.2. The van der Waals surface area contributed by atoms with E-state index in [0.29, 0.717) is 12.3 Å². The Morgan fingerprint density at radius 3 is 2.52 bits per heavy atom. The molecule has 0 N–H and O–H groups in total. The summed E-state index contributed by atoms with van der Waals surface area (Å²) in [4.78, 5) is 25.8.